The van der Waals surface area contributed by atoms with Crippen molar-refractivity contribution in [3.8, 4) is 5.75 Å². The second-order valence-electron chi connectivity index (χ2n) is 8.75. The highest BCUT2D eigenvalue weighted by molar-refractivity contribution is 6.25. The van der Waals surface area contributed by atoms with Crippen molar-refractivity contribution >= 4 is 23.2 Å². The molecule has 11 nitrogen and oxygen atoms in total. The van der Waals surface area contributed by atoms with Gasteiger partial charge in [0.05, 0.1) is 34.9 Å². The van der Waals surface area contributed by atoms with E-state index in [2.05, 4.69) is 5.32 Å². The molecule has 0 heterocycles. The maximum atomic E-state index is 13.6. The Labute approximate surface area is 189 Å². The molecule has 2 saturated carbocycles. The number of amides is 1. The van der Waals surface area contributed by atoms with Crippen molar-refractivity contribution in [3.05, 3.63) is 34.9 Å². The Morgan fingerprint density at radius 2 is 1.73 bits per heavy atom. The highest BCUT2D eigenvalue weighted by Crippen LogP contribution is 2.56. The normalized spacial score (nSPS) is 39.8. The average Bonchev–Trinajstić information content (AvgIpc) is 2.70. The quantitative estimate of drug-likeness (QED) is 0.227. The molecule has 11 heteroatoms. The van der Waals surface area contributed by atoms with Crippen molar-refractivity contribution in [1.29, 1.82) is 0 Å². The molecular formula is C22H28N2O9. The fraction of sp³-hybridized carbons (Fsp3) is 0.500. The molecule has 0 saturated heterocycles. The summed E-state index contributed by atoms with van der Waals surface area (Å²) in [6.45, 7) is 1.25. The minimum absolute atomic E-state index is 0. The number of primary amides is 1. The first-order chi connectivity index (χ1) is 14.8. The molecular weight excluding hydrogens is 436 g/mol. The number of ketones is 2. The van der Waals surface area contributed by atoms with E-state index in [1.807, 2.05) is 0 Å². The molecule has 0 radical (unpaired) electrons. The molecule has 9 N–H and O–H groups in total. The topological polar surface area (TPSA) is 211 Å². The summed E-state index contributed by atoms with van der Waals surface area (Å²) in [4.78, 5) is 38.6. The van der Waals surface area contributed by atoms with E-state index >= 15 is 0 Å². The maximum absolute atomic E-state index is 13.6. The zero-order valence-corrected chi connectivity index (χ0v) is 17.2. The van der Waals surface area contributed by atoms with Crippen LogP contribution in [0.15, 0.2) is 23.8 Å². The van der Waals surface area contributed by atoms with Gasteiger partial charge >= 0.3 is 0 Å². The van der Waals surface area contributed by atoms with Crippen molar-refractivity contribution < 1.29 is 45.0 Å². The standard InChI is InChI=1S/C21H24N2O9.CH4/c1-20(31)6-4-3-5-7(24)8(6)14(25)9-11(20)16(27)12-13(23-2)15(26)10(19(22)30)18(29)21(12,32)17(9)28;/h3-5,10-13,15-16,23-27,31-32H,1-2H3,(H2,22,30);1H4. The summed E-state index contributed by atoms with van der Waals surface area (Å²) in [5.41, 5.74) is -0.763. The first-order valence-corrected chi connectivity index (χ1v) is 9.95. The molecule has 4 rings (SSSR count). The number of fused-ring (bicyclic) bond motifs is 3. The van der Waals surface area contributed by atoms with Crippen LogP contribution in [0.25, 0.3) is 5.76 Å². The average molecular weight is 464 g/mol. The molecule has 0 aliphatic heterocycles. The number of carbonyl (C=O) groups is 3. The van der Waals surface area contributed by atoms with E-state index in [1.54, 1.807) is 0 Å². The first kappa shape index (κ1) is 24.8. The second-order valence-corrected chi connectivity index (χ2v) is 8.75. The van der Waals surface area contributed by atoms with Crippen LogP contribution in [0.4, 0.5) is 0 Å². The molecule has 0 bridgehead atoms. The van der Waals surface area contributed by atoms with Crippen molar-refractivity contribution in [3.63, 3.8) is 0 Å². The lowest BCUT2D eigenvalue weighted by Crippen LogP contribution is -2.77. The van der Waals surface area contributed by atoms with E-state index in [4.69, 9.17) is 5.73 Å². The monoisotopic (exact) mass is 464 g/mol. The predicted octanol–water partition coefficient (Wildman–Crippen LogP) is -1.94. The Kier molecular flexibility index (Phi) is 5.72. The van der Waals surface area contributed by atoms with E-state index < -0.39 is 81.8 Å². The molecule has 3 aliphatic carbocycles. The molecule has 8 atom stereocenters. The fourth-order valence-corrected chi connectivity index (χ4v) is 5.71. The zero-order chi connectivity index (χ0) is 23.9. The van der Waals surface area contributed by atoms with Gasteiger partial charge in [0.1, 0.15) is 17.4 Å². The molecule has 3 aliphatic rings. The highest BCUT2D eigenvalue weighted by atomic mass is 16.3. The number of likely N-dealkylation sites (N-methyl/N-ethyl adjacent to an activating group) is 1. The number of Topliss-reactive ketones (excluding diaryl/α,β-unsaturated/α-hetero) is 2. The number of rotatable bonds is 2. The number of nitrogens with two attached hydrogens (primary N) is 1. The Hall–Kier alpha value is -2.83. The number of carbonyl (C=O) groups excluding carboxylic acids is 3. The summed E-state index contributed by atoms with van der Waals surface area (Å²) in [6, 6.07) is 2.64. The number of nitrogens with one attached hydrogen (secondary N) is 1. The molecule has 1 aromatic carbocycles. The molecule has 1 aromatic rings. The fourth-order valence-electron chi connectivity index (χ4n) is 5.71. The van der Waals surface area contributed by atoms with Crippen LogP contribution < -0.4 is 11.1 Å². The molecule has 33 heavy (non-hydrogen) atoms. The number of aliphatic hydroxyl groups is 5. The number of hydrogen-bond donors (Lipinski definition) is 8. The third-order valence-corrected chi connectivity index (χ3v) is 7.17. The molecule has 1 amide bonds. The van der Waals surface area contributed by atoms with Crippen LogP contribution in [-0.2, 0) is 20.0 Å². The molecule has 0 aromatic heterocycles. The summed E-state index contributed by atoms with van der Waals surface area (Å²) >= 11 is 0. The second kappa shape index (κ2) is 7.61. The highest BCUT2D eigenvalue weighted by Gasteiger charge is 2.72. The third-order valence-electron chi connectivity index (χ3n) is 7.17. The van der Waals surface area contributed by atoms with Crippen LogP contribution in [0.5, 0.6) is 5.75 Å². The summed E-state index contributed by atoms with van der Waals surface area (Å²) in [5.74, 6) is -10.5. The summed E-state index contributed by atoms with van der Waals surface area (Å²) in [6.07, 6.45) is -3.62. The maximum Gasteiger partial charge on any atom is 0.230 e. The van der Waals surface area contributed by atoms with Crippen LogP contribution >= 0.6 is 0 Å². The molecule has 180 valence electrons. The SMILES string of the molecule is C.CNC1C(O)C(C(N)=O)C(=O)C2(O)C(=O)C3=C(O)c4c(O)cccc4C(C)(O)C3C(O)C12. The summed E-state index contributed by atoms with van der Waals surface area (Å²) < 4.78 is 0. The smallest absolute Gasteiger partial charge is 0.230 e. The van der Waals surface area contributed by atoms with Gasteiger partial charge in [-0.25, -0.2) is 0 Å². The number of aromatic hydroxyl groups is 1. The lowest BCUT2D eigenvalue weighted by atomic mass is 9.51. The summed E-state index contributed by atoms with van der Waals surface area (Å²) in [5, 5.41) is 68.4. The Morgan fingerprint density at radius 1 is 1.12 bits per heavy atom. The van der Waals surface area contributed by atoms with E-state index in [9.17, 15) is 45.0 Å². The van der Waals surface area contributed by atoms with Crippen LogP contribution in [0.1, 0.15) is 25.5 Å². The van der Waals surface area contributed by atoms with Gasteiger partial charge in [-0.05, 0) is 25.6 Å². The molecule has 8 unspecified atom stereocenters. The Bertz CT molecular complexity index is 1080. The van der Waals surface area contributed by atoms with Crippen molar-refractivity contribution in [2.45, 2.75) is 43.8 Å². The number of phenols is 1. The van der Waals surface area contributed by atoms with Gasteiger partial charge in [-0.2, -0.15) is 0 Å². The van der Waals surface area contributed by atoms with Gasteiger partial charge in [-0.15, -0.1) is 0 Å². The van der Waals surface area contributed by atoms with E-state index in [-0.39, 0.29) is 18.6 Å². The van der Waals surface area contributed by atoms with E-state index in [1.165, 1.54) is 32.2 Å². The number of aliphatic hydroxyl groups excluding tert-OH is 3. The van der Waals surface area contributed by atoms with Crippen molar-refractivity contribution in [2.75, 3.05) is 7.05 Å². The number of benzene rings is 1. The van der Waals surface area contributed by atoms with Crippen LogP contribution in [0.2, 0.25) is 0 Å². The lowest BCUT2D eigenvalue weighted by Gasteiger charge is -2.56. The van der Waals surface area contributed by atoms with Crippen LogP contribution in [0.3, 0.4) is 0 Å². The van der Waals surface area contributed by atoms with Gasteiger partial charge in [0.15, 0.2) is 11.4 Å². The van der Waals surface area contributed by atoms with Gasteiger partial charge in [0, 0.05) is 12.0 Å². The van der Waals surface area contributed by atoms with Gasteiger partial charge in [0.2, 0.25) is 11.7 Å². The van der Waals surface area contributed by atoms with Gasteiger partial charge in [-0.3, -0.25) is 14.4 Å². The van der Waals surface area contributed by atoms with Crippen LogP contribution in [-0.4, -0.2) is 79.0 Å². The van der Waals surface area contributed by atoms with E-state index in [0.29, 0.717) is 0 Å². The lowest BCUT2D eigenvalue weighted by molar-refractivity contribution is -0.200. The number of phenolic OH excluding ortho intramolecular Hbond substituents is 1. The molecule has 2 fully saturated rings. The van der Waals surface area contributed by atoms with Gasteiger partial charge in [-0.1, -0.05) is 19.6 Å². The van der Waals surface area contributed by atoms with Crippen LogP contribution in [0, 0.1) is 17.8 Å². The van der Waals surface area contributed by atoms with Crippen molar-refractivity contribution in [2.24, 2.45) is 23.5 Å². The number of hydrogen-bond acceptors (Lipinski definition) is 10. The van der Waals surface area contributed by atoms with Gasteiger partial charge in [0.25, 0.3) is 0 Å². The zero-order valence-electron chi connectivity index (χ0n) is 17.2. The minimum atomic E-state index is -3.04. The minimum Gasteiger partial charge on any atom is -0.507 e. The predicted molar refractivity (Wildman–Crippen MR) is 113 cm³/mol. The largest absolute Gasteiger partial charge is 0.507 e. The van der Waals surface area contributed by atoms with Gasteiger partial charge < -0.3 is 41.7 Å². The first-order valence-electron chi connectivity index (χ1n) is 9.95. The van der Waals surface area contributed by atoms with E-state index in [0.717, 1.165) is 0 Å². The van der Waals surface area contributed by atoms with Crippen molar-refractivity contribution in [1.82, 2.24) is 5.32 Å². The molecule has 0 spiro atoms. The third kappa shape index (κ3) is 2.83. The Morgan fingerprint density at radius 3 is 2.27 bits per heavy atom. The Balaban J connectivity index is 0.00000306. The summed E-state index contributed by atoms with van der Waals surface area (Å²) in [7, 11) is 1.33.